The zero-order chi connectivity index (χ0) is 30.6. The lowest BCUT2D eigenvalue weighted by molar-refractivity contribution is -0.185. The number of rotatable bonds is 10. The van der Waals surface area contributed by atoms with E-state index in [0.717, 1.165) is 24.3 Å². The zero-order valence-corrected chi connectivity index (χ0v) is 24.7. The number of ketones is 1. The van der Waals surface area contributed by atoms with Crippen LogP contribution in [0.15, 0.2) is 36.5 Å². The molecule has 0 radical (unpaired) electrons. The van der Waals surface area contributed by atoms with Crippen LogP contribution in [0.4, 0.5) is 17.6 Å². The second-order valence-corrected chi connectivity index (χ2v) is 11.6. The number of carbonyl (C=O) groups is 2. The number of nitrogens with zero attached hydrogens (tertiary/aromatic N) is 4. The monoisotopic (exact) mass is 592 g/mol. The number of halogens is 4. The number of amides is 1. The minimum atomic E-state index is -4.55. The molecule has 1 aromatic heterocycles. The van der Waals surface area contributed by atoms with Crippen molar-refractivity contribution in [3.05, 3.63) is 59.0 Å². The molecule has 0 spiro atoms. The average Bonchev–Trinajstić information content (AvgIpc) is 3.47. The van der Waals surface area contributed by atoms with E-state index in [0.29, 0.717) is 35.7 Å². The Bertz CT molecular complexity index is 1240. The van der Waals surface area contributed by atoms with Crippen molar-refractivity contribution in [2.75, 3.05) is 53.9 Å². The standard InChI is InChI=1S/C31H40F4N4O3/c1-20-22(9-7-10-25(20)32)28-23(29(40)21-12-13-27(42-4)36-17-21)18-38(15-6-5-14-37(2)3)19-24(28)30(41)39-16-8-11-26(39)31(33,34)35/h7,9-10,12-13,17,23-24,26,28H,5-6,8,11,14-16,18-19H2,1-4H3/t23-,24+,26-,28+/m0/s1. The number of benzene rings is 1. The van der Waals surface area contributed by atoms with Crippen LogP contribution in [0.1, 0.15) is 53.1 Å². The number of ether oxygens (including phenoxy) is 1. The maximum atomic E-state index is 14.9. The summed E-state index contributed by atoms with van der Waals surface area (Å²) in [5.74, 6) is -3.65. The van der Waals surface area contributed by atoms with E-state index in [4.69, 9.17) is 4.74 Å². The molecule has 0 N–H and O–H groups in total. The molecule has 3 heterocycles. The first-order valence-electron chi connectivity index (χ1n) is 14.5. The van der Waals surface area contributed by atoms with Gasteiger partial charge in [0.15, 0.2) is 5.78 Å². The molecule has 4 rings (SSSR count). The van der Waals surface area contributed by atoms with E-state index >= 15 is 0 Å². The number of carbonyl (C=O) groups excluding carboxylic acids is 2. The van der Waals surface area contributed by atoms with Crippen LogP contribution in [-0.4, -0.2) is 97.5 Å². The van der Waals surface area contributed by atoms with Gasteiger partial charge in [-0.3, -0.25) is 9.59 Å². The van der Waals surface area contributed by atoms with Crippen LogP contribution in [0.3, 0.4) is 0 Å². The number of pyridine rings is 1. The number of alkyl halides is 3. The van der Waals surface area contributed by atoms with E-state index in [9.17, 15) is 27.2 Å². The predicted molar refractivity (Wildman–Crippen MR) is 151 cm³/mol. The Hall–Kier alpha value is -3.05. The summed E-state index contributed by atoms with van der Waals surface area (Å²) in [4.78, 5) is 37.5. The number of likely N-dealkylation sites (tertiary alicyclic amines) is 2. The van der Waals surface area contributed by atoms with E-state index in [1.54, 1.807) is 25.1 Å². The molecule has 0 unspecified atom stereocenters. The van der Waals surface area contributed by atoms with E-state index < -0.39 is 41.7 Å². The van der Waals surface area contributed by atoms with Crippen LogP contribution < -0.4 is 4.74 Å². The highest BCUT2D eigenvalue weighted by atomic mass is 19.4. The Kier molecular flexibility index (Phi) is 10.2. The molecule has 2 aliphatic rings. The molecule has 1 aromatic carbocycles. The summed E-state index contributed by atoms with van der Waals surface area (Å²) in [5.41, 5.74) is 1.07. The number of hydrogen-bond donors (Lipinski definition) is 0. The van der Waals surface area contributed by atoms with Gasteiger partial charge in [0.2, 0.25) is 11.8 Å². The van der Waals surface area contributed by atoms with Gasteiger partial charge < -0.3 is 19.4 Å². The summed E-state index contributed by atoms with van der Waals surface area (Å²) >= 11 is 0. The fraction of sp³-hybridized carbons (Fsp3) is 0.581. The van der Waals surface area contributed by atoms with Crippen molar-refractivity contribution in [2.24, 2.45) is 11.8 Å². The Morgan fingerprint density at radius 3 is 2.48 bits per heavy atom. The highest BCUT2D eigenvalue weighted by Crippen LogP contribution is 2.44. The van der Waals surface area contributed by atoms with Gasteiger partial charge in [-0.1, -0.05) is 12.1 Å². The van der Waals surface area contributed by atoms with Crippen molar-refractivity contribution in [1.29, 1.82) is 0 Å². The SMILES string of the molecule is COc1ccc(C(=O)[C@H]2CN(CCCCN(C)C)C[C@@H](C(=O)N3CCC[C@H]3C(F)(F)F)[C@@H]2c2cccc(F)c2C)cn1. The van der Waals surface area contributed by atoms with E-state index in [2.05, 4.69) is 9.88 Å². The molecular weight excluding hydrogens is 552 g/mol. The smallest absolute Gasteiger partial charge is 0.408 e. The van der Waals surface area contributed by atoms with E-state index in [1.165, 1.54) is 25.4 Å². The molecule has 4 atom stereocenters. The second kappa shape index (κ2) is 13.5. The third-order valence-corrected chi connectivity index (χ3v) is 8.57. The van der Waals surface area contributed by atoms with Crippen molar-refractivity contribution in [3.8, 4) is 5.88 Å². The quantitative estimate of drug-likeness (QED) is 0.221. The van der Waals surface area contributed by atoms with Gasteiger partial charge in [0.1, 0.15) is 11.9 Å². The number of aromatic nitrogens is 1. The Morgan fingerprint density at radius 1 is 1.10 bits per heavy atom. The molecular formula is C31H40F4N4O3. The average molecular weight is 593 g/mol. The summed E-state index contributed by atoms with van der Waals surface area (Å²) in [6.45, 7) is 3.51. The molecule has 2 fully saturated rings. The van der Waals surface area contributed by atoms with Gasteiger partial charge in [0, 0.05) is 49.3 Å². The van der Waals surface area contributed by atoms with Crippen molar-refractivity contribution < 1.29 is 31.9 Å². The van der Waals surface area contributed by atoms with Gasteiger partial charge in [0.25, 0.3) is 0 Å². The Labute approximate surface area is 244 Å². The minimum Gasteiger partial charge on any atom is -0.481 e. The normalized spacial score (nSPS) is 23.4. The fourth-order valence-corrected chi connectivity index (χ4v) is 6.43. The van der Waals surface area contributed by atoms with Crippen molar-refractivity contribution in [3.63, 3.8) is 0 Å². The molecule has 230 valence electrons. The molecule has 0 saturated carbocycles. The number of Topliss-reactive ketones (excluding diaryl/α,β-unsaturated/α-hetero) is 1. The maximum Gasteiger partial charge on any atom is 0.408 e. The van der Waals surface area contributed by atoms with Gasteiger partial charge in [-0.25, -0.2) is 9.37 Å². The lowest BCUT2D eigenvalue weighted by Crippen LogP contribution is -2.55. The molecule has 0 aliphatic carbocycles. The van der Waals surface area contributed by atoms with Gasteiger partial charge in [-0.15, -0.1) is 0 Å². The summed E-state index contributed by atoms with van der Waals surface area (Å²) in [7, 11) is 5.42. The van der Waals surface area contributed by atoms with Crippen LogP contribution in [0.5, 0.6) is 5.88 Å². The number of methoxy groups -OCH3 is 1. The second-order valence-electron chi connectivity index (χ2n) is 11.6. The molecule has 2 saturated heterocycles. The van der Waals surface area contributed by atoms with Gasteiger partial charge in [-0.05, 0) is 83.1 Å². The van der Waals surface area contributed by atoms with Crippen LogP contribution >= 0.6 is 0 Å². The fourth-order valence-electron chi connectivity index (χ4n) is 6.43. The van der Waals surface area contributed by atoms with Gasteiger partial charge in [-0.2, -0.15) is 13.2 Å². The molecule has 2 aliphatic heterocycles. The third-order valence-electron chi connectivity index (χ3n) is 8.57. The lowest BCUT2D eigenvalue weighted by Gasteiger charge is -2.45. The highest BCUT2D eigenvalue weighted by molar-refractivity contribution is 5.99. The Morgan fingerprint density at radius 2 is 1.83 bits per heavy atom. The van der Waals surface area contributed by atoms with Crippen LogP contribution in [0.25, 0.3) is 0 Å². The zero-order valence-electron chi connectivity index (χ0n) is 24.7. The Balaban J connectivity index is 1.77. The first-order chi connectivity index (χ1) is 19.9. The predicted octanol–water partition coefficient (Wildman–Crippen LogP) is 4.95. The van der Waals surface area contributed by atoms with E-state index in [-0.39, 0.29) is 31.7 Å². The number of unbranched alkanes of at least 4 members (excludes halogenated alkanes) is 1. The first-order valence-corrected chi connectivity index (χ1v) is 14.5. The number of piperidine rings is 1. The topological polar surface area (TPSA) is 66.0 Å². The summed E-state index contributed by atoms with van der Waals surface area (Å²) in [5, 5.41) is 0. The first kappa shape index (κ1) is 31.9. The van der Waals surface area contributed by atoms with Gasteiger partial charge >= 0.3 is 6.18 Å². The van der Waals surface area contributed by atoms with Crippen molar-refractivity contribution in [2.45, 2.75) is 50.7 Å². The lowest BCUT2D eigenvalue weighted by atomic mass is 9.69. The molecule has 0 bridgehead atoms. The third kappa shape index (κ3) is 7.11. The van der Waals surface area contributed by atoms with Crippen molar-refractivity contribution >= 4 is 11.7 Å². The minimum absolute atomic E-state index is 0.00178. The summed E-state index contributed by atoms with van der Waals surface area (Å²) in [6, 6.07) is 5.81. The largest absolute Gasteiger partial charge is 0.481 e. The highest BCUT2D eigenvalue weighted by Gasteiger charge is 2.52. The summed E-state index contributed by atoms with van der Waals surface area (Å²) < 4.78 is 62.0. The van der Waals surface area contributed by atoms with Gasteiger partial charge in [0.05, 0.1) is 13.0 Å². The molecule has 2 aromatic rings. The molecule has 11 heteroatoms. The summed E-state index contributed by atoms with van der Waals surface area (Å²) in [6.07, 6.45) is -1.37. The van der Waals surface area contributed by atoms with Crippen LogP contribution in [-0.2, 0) is 4.79 Å². The molecule has 1 amide bonds. The van der Waals surface area contributed by atoms with Crippen molar-refractivity contribution in [1.82, 2.24) is 19.7 Å². The van der Waals surface area contributed by atoms with Crippen LogP contribution in [0, 0.1) is 24.6 Å². The number of hydrogen-bond acceptors (Lipinski definition) is 6. The van der Waals surface area contributed by atoms with Crippen LogP contribution in [0.2, 0.25) is 0 Å². The molecule has 7 nitrogen and oxygen atoms in total. The van der Waals surface area contributed by atoms with E-state index in [1.807, 2.05) is 19.0 Å². The maximum absolute atomic E-state index is 14.9. The molecule has 42 heavy (non-hydrogen) atoms.